The van der Waals surface area contributed by atoms with Crippen LogP contribution < -0.4 is 14.8 Å². The first kappa shape index (κ1) is 16.2. The van der Waals surface area contributed by atoms with E-state index < -0.39 is 0 Å². The molecule has 2 unspecified atom stereocenters. The Morgan fingerprint density at radius 3 is 2.52 bits per heavy atom. The van der Waals surface area contributed by atoms with Crippen LogP contribution in [0, 0.1) is 11.7 Å². The number of nitrogens with one attached hydrogen (secondary N) is 1. The average molecular weight is 362 g/mol. The summed E-state index contributed by atoms with van der Waals surface area (Å²) < 4.78 is 24.2. The molecule has 1 aliphatic heterocycles. The second-order valence-electron chi connectivity index (χ2n) is 6.32. The number of halogens is 2. The van der Waals surface area contributed by atoms with Gasteiger partial charge < -0.3 is 14.8 Å². The van der Waals surface area contributed by atoms with Gasteiger partial charge in [-0.05, 0) is 30.0 Å². The Hall–Kier alpha value is -2.27. The maximum Gasteiger partial charge on any atom is 0.228 e. The van der Waals surface area contributed by atoms with Gasteiger partial charge in [-0.3, -0.25) is 4.79 Å². The molecule has 2 aromatic rings. The standard InChI is InChI=1S/C19H17ClFNO3/c20-15-9-17-18(25-7-1-6-24-17)10-16(15)22-19(23)14-8-13(14)11-2-4-12(21)5-3-11/h2-5,9-10,13-14H,1,6-8H2,(H,22,23). The summed E-state index contributed by atoms with van der Waals surface area (Å²) in [7, 11) is 0. The van der Waals surface area contributed by atoms with Crippen molar-refractivity contribution in [3.05, 3.63) is 52.8 Å². The van der Waals surface area contributed by atoms with Gasteiger partial charge in [0.05, 0.1) is 23.9 Å². The van der Waals surface area contributed by atoms with Crippen molar-refractivity contribution in [2.24, 2.45) is 5.92 Å². The lowest BCUT2D eigenvalue weighted by Crippen LogP contribution is -2.15. The molecule has 1 saturated carbocycles. The predicted molar refractivity (Wildman–Crippen MR) is 92.9 cm³/mol. The Morgan fingerprint density at radius 1 is 1.12 bits per heavy atom. The molecule has 4 rings (SSSR count). The number of anilines is 1. The minimum Gasteiger partial charge on any atom is -0.490 e. The zero-order valence-electron chi connectivity index (χ0n) is 13.4. The van der Waals surface area contributed by atoms with Gasteiger partial charge in [0, 0.05) is 24.5 Å². The van der Waals surface area contributed by atoms with E-state index >= 15 is 0 Å². The molecule has 4 nitrogen and oxygen atoms in total. The fraction of sp³-hybridized carbons (Fsp3) is 0.316. The molecule has 1 fully saturated rings. The molecule has 0 bridgehead atoms. The number of benzene rings is 2. The molecule has 130 valence electrons. The van der Waals surface area contributed by atoms with Crippen molar-refractivity contribution in [2.75, 3.05) is 18.5 Å². The summed E-state index contributed by atoms with van der Waals surface area (Å²) in [6.07, 6.45) is 1.55. The number of hydrogen-bond donors (Lipinski definition) is 1. The third-order valence-corrected chi connectivity index (χ3v) is 4.83. The fourth-order valence-corrected chi connectivity index (χ4v) is 3.27. The van der Waals surface area contributed by atoms with Gasteiger partial charge in [-0.15, -0.1) is 0 Å². The molecule has 2 aliphatic rings. The maximum absolute atomic E-state index is 13.0. The predicted octanol–water partition coefficient (Wildman–Crippen LogP) is 4.38. The summed E-state index contributed by atoms with van der Waals surface area (Å²) in [6.45, 7) is 1.15. The van der Waals surface area contributed by atoms with Crippen LogP contribution in [-0.4, -0.2) is 19.1 Å². The number of ether oxygens (including phenoxy) is 2. The van der Waals surface area contributed by atoms with E-state index in [0.29, 0.717) is 35.4 Å². The van der Waals surface area contributed by atoms with Crippen LogP contribution in [0.1, 0.15) is 24.3 Å². The Balaban J connectivity index is 1.46. The van der Waals surface area contributed by atoms with Gasteiger partial charge in [-0.25, -0.2) is 4.39 Å². The number of amides is 1. The van der Waals surface area contributed by atoms with Crippen LogP contribution in [0.25, 0.3) is 0 Å². The zero-order chi connectivity index (χ0) is 17.4. The van der Waals surface area contributed by atoms with Gasteiger partial charge in [0.1, 0.15) is 5.82 Å². The first-order chi connectivity index (χ1) is 12.1. The van der Waals surface area contributed by atoms with Gasteiger partial charge >= 0.3 is 0 Å². The molecule has 25 heavy (non-hydrogen) atoms. The van der Waals surface area contributed by atoms with E-state index in [-0.39, 0.29) is 23.6 Å². The van der Waals surface area contributed by atoms with Crippen molar-refractivity contribution in [3.8, 4) is 11.5 Å². The van der Waals surface area contributed by atoms with Crippen LogP contribution >= 0.6 is 11.6 Å². The van der Waals surface area contributed by atoms with E-state index in [1.54, 1.807) is 24.3 Å². The van der Waals surface area contributed by atoms with E-state index in [2.05, 4.69) is 5.32 Å². The molecule has 0 saturated heterocycles. The van der Waals surface area contributed by atoms with Crippen molar-refractivity contribution in [2.45, 2.75) is 18.8 Å². The summed E-state index contributed by atoms with van der Waals surface area (Å²) in [5.74, 6) is 0.812. The number of carbonyl (C=O) groups is 1. The number of rotatable bonds is 3. The second-order valence-corrected chi connectivity index (χ2v) is 6.73. The molecule has 0 radical (unpaired) electrons. The Kier molecular flexibility index (Phi) is 4.25. The van der Waals surface area contributed by atoms with Crippen LogP contribution in [0.15, 0.2) is 36.4 Å². The van der Waals surface area contributed by atoms with Gasteiger partial charge in [-0.2, -0.15) is 0 Å². The highest BCUT2D eigenvalue weighted by Crippen LogP contribution is 2.48. The van der Waals surface area contributed by atoms with E-state index in [4.69, 9.17) is 21.1 Å². The summed E-state index contributed by atoms with van der Waals surface area (Å²) in [5, 5.41) is 3.29. The molecule has 0 aromatic heterocycles. The SMILES string of the molecule is O=C(Nc1cc2c(cc1Cl)OCCCO2)C1CC1c1ccc(F)cc1. The monoisotopic (exact) mass is 361 g/mol. The quantitative estimate of drug-likeness (QED) is 0.882. The first-order valence-electron chi connectivity index (χ1n) is 8.27. The number of hydrogen-bond acceptors (Lipinski definition) is 3. The van der Waals surface area contributed by atoms with Crippen LogP contribution in [-0.2, 0) is 4.79 Å². The van der Waals surface area contributed by atoms with E-state index in [1.165, 1.54) is 12.1 Å². The lowest BCUT2D eigenvalue weighted by atomic mass is 10.1. The van der Waals surface area contributed by atoms with E-state index in [0.717, 1.165) is 18.4 Å². The third-order valence-electron chi connectivity index (χ3n) is 4.52. The molecule has 2 atom stereocenters. The molecular formula is C19H17ClFNO3. The molecule has 0 spiro atoms. The minimum atomic E-state index is -0.274. The summed E-state index contributed by atoms with van der Waals surface area (Å²) >= 11 is 6.26. The highest BCUT2D eigenvalue weighted by Gasteiger charge is 2.44. The van der Waals surface area contributed by atoms with Crippen LogP contribution in [0.2, 0.25) is 5.02 Å². The molecule has 1 heterocycles. The van der Waals surface area contributed by atoms with Crippen LogP contribution in [0.3, 0.4) is 0 Å². The Morgan fingerprint density at radius 2 is 1.80 bits per heavy atom. The summed E-state index contributed by atoms with van der Waals surface area (Å²) in [5.41, 5.74) is 1.49. The third kappa shape index (κ3) is 3.42. The number of fused-ring (bicyclic) bond motifs is 1. The molecule has 1 amide bonds. The minimum absolute atomic E-state index is 0.0919. The first-order valence-corrected chi connectivity index (χ1v) is 8.65. The Labute approximate surface area is 149 Å². The average Bonchev–Trinajstić information content (AvgIpc) is 3.40. The van der Waals surface area contributed by atoms with E-state index in [9.17, 15) is 9.18 Å². The molecular weight excluding hydrogens is 345 g/mol. The van der Waals surface area contributed by atoms with Crippen molar-refractivity contribution in [3.63, 3.8) is 0 Å². The van der Waals surface area contributed by atoms with Gasteiger partial charge in [-0.1, -0.05) is 23.7 Å². The van der Waals surface area contributed by atoms with Crippen molar-refractivity contribution in [1.29, 1.82) is 0 Å². The second kappa shape index (κ2) is 6.56. The lowest BCUT2D eigenvalue weighted by Gasteiger charge is -2.12. The van der Waals surface area contributed by atoms with Crippen molar-refractivity contribution < 1.29 is 18.7 Å². The molecule has 1 N–H and O–H groups in total. The molecule has 1 aliphatic carbocycles. The van der Waals surface area contributed by atoms with Gasteiger partial charge in [0.15, 0.2) is 11.5 Å². The zero-order valence-corrected chi connectivity index (χ0v) is 14.2. The van der Waals surface area contributed by atoms with Crippen LogP contribution in [0.5, 0.6) is 11.5 Å². The van der Waals surface area contributed by atoms with Gasteiger partial charge in [0.25, 0.3) is 0 Å². The van der Waals surface area contributed by atoms with Crippen LogP contribution in [0.4, 0.5) is 10.1 Å². The normalized spacial score (nSPS) is 21.4. The van der Waals surface area contributed by atoms with Gasteiger partial charge in [0.2, 0.25) is 5.91 Å². The number of carbonyl (C=O) groups excluding carboxylic acids is 1. The molecule has 6 heteroatoms. The largest absolute Gasteiger partial charge is 0.490 e. The van der Waals surface area contributed by atoms with Crippen molar-refractivity contribution in [1.82, 2.24) is 0 Å². The maximum atomic E-state index is 13.0. The van der Waals surface area contributed by atoms with Crippen molar-refractivity contribution >= 4 is 23.2 Å². The van der Waals surface area contributed by atoms with E-state index in [1.807, 2.05) is 0 Å². The smallest absolute Gasteiger partial charge is 0.228 e. The molecule has 2 aromatic carbocycles. The topological polar surface area (TPSA) is 47.6 Å². The highest BCUT2D eigenvalue weighted by molar-refractivity contribution is 6.34. The summed E-state index contributed by atoms with van der Waals surface area (Å²) in [6, 6.07) is 9.67. The fourth-order valence-electron chi connectivity index (χ4n) is 3.07. The summed E-state index contributed by atoms with van der Waals surface area (Å²) in [4.78, 5) is 12.5. The Bertz CT molecular complexity index is 809. The highest BCUT2D eigenvalue weighted by atomic mass is 35.5. The lowest BCUT2D eigenvalue weighted by molar-refractivity contribution is -0.117.